The summed E-state index contributed by atoms with van der Waals surface area (Å²) in [6.45, 7) is 2.92. The van der Waals surface area contributed by atoms with Crippen LogP contribution in [0.1, 0.15) is 21.6 Å². The van der Waals surface area contributed by atoms with Gasteiger partial charge in [-0.3, -0.25) is 14.6 Å². The van der Waals surface area contributed by atoms with Crippen LogP contribution in [-0.2, 0) is 16.0 Å². The number of hydrogen-bond donors (Lipinski definition) is 1. The highest BCUT2D eigenvalue weighted by atomic mass is 16.5. The molecule has 2 aromatic carbocycles. The van der Waals surface area contributed by atoms with Gasteiger partial charge in [-0.25, -0.2) is 0 Å². The number of benzene rings is 2. The van der Waals surface area contributed by atoms with E-state index in [1.54, 1.807) is 36.3 Å². The average molecular weight is 430 g/mol. The van der Waals surface area contributed by atoms with Crippen LogP contribution in [-0.4, -0.2) is 54.0 Å². The minimum atomic E-state index is -1.16. The summed E-state index contributed by atoms with van der Waals surface area (Å²) < 4.78 is 6.07. The topological polar surface area (TPSA) is 71.5 Å². The van der Waals surface area contributed by atoms with E-state index in [9.17, 15) is 9.59 Å². The van der Waals surface area contributed by atoms with E-state index in [2.05, 4.69) is 53.6 Å². The lowest BCUT2D eigenvalue weighted by atomic mass is 9.89. The van der Waals surface area contributed by atoms with Gasteiger partial charge in [-0.1, -0.05) is 60.2 Å². The van der Waals surface area contributed by atoms with Crippen molar-refractivity contribution >= 4 is 11.8 Å². The van der Waals surface area contributed by atoms with Gasteiger partial charge in [-0.05, 0) is 35.7 Å². The summed E-state index contributed by atoms with van der Waals surface area (Å²) in [4.78, 5) is 31.8. The van der Waals surface area contributed by atoms with E-state index in [1.807, 2.05) is 12.1 Å². The Balaban J connectivity index is 1.61. The van der Waals surface area contributed by atoms with E-state index < -0.39 is 5.60 Å². The maximum absolute atomic E-state index is 13.0. The third-order valence-corrected chi connectivity index (χ3v) is 5.80. The zero-order valence-electron chi connectivity index (χ0n) is 18.4. The summed E-state index contributed by atoms with van der Waals surface area (Å²) in [5.41, 5.74) is 3.57. The number of aryl methyl sites for hydroxylation is 1. The van der Waals surface area contributed by atoms with Crippen molar-refractivity contribution in [1.82, 2.24) is 15.2 Å². The average Bonchev–Trinajstić information content (AvgIpc) is 2.84. The van der Waals surface area contributed by atoms with E-state index in [0.29, 0.717) is 18.7 Å². The molecule has 1 fully saturated rings. The zero-order valence-corrected chi connectivity index (χ0v) is 18.4. The van der Waals surface area contributed by atoms with E-state index >= 15 is 0 Å². The van der Waals surface area contributed by atoms with E-state index in [-0.39, 0.29) is 25.0 Å². The number of pyridine rings is 1. The molecule has 1 saturated heterocycles. The van der Waals surface area contributed by atoms with Crippen molar-refractivity contribution < 1.29 is 14.3 Å². The Morgan fingerprint density at radius 3 is 2.59 bits per heavy atom. The van der Waals surface area contributed by atoms with Gasteiger partial charge in [-0.15, -0.1) is 0 Å². The molecular weight excluding hydrogens is 402 g/mol. The van der Waals surface area contributed by atoms with E-state index in [0.717, 1.165) is 16.7 Å². The Morgan fingerprint density at radius 1 is 1.06 bits per heavy atom. The van der Waals surface area contributed by atoms with Crippen molar-refractivity contribution in [3.8, 4) is 11.1 Å². The molecule has 1 atom stereocenters. The minimum Gasteiger partial charge on any atom is -0.361 e. The molecule has 6 nitrogen and oxygen atoms in total. The molecule has 1 aromatic heterocycles. The molecule has 6 heteroatoms. The van der Waals surface area contributed by atoms with E-state index in [1.165, 1.54) is 5.56 Å². The summed E-state index contributed by atoms with van der Waals surface area (Å²) in [7, 11) is 1.59. The standard InChI is InChI=1S/C26H27N3O3/c1-19-9-11-21(12-10-19)22-7-5-6-20(16-22)17-26(25(31)27-2)18-29(14-15-32-26)24(30)23-8-3-4-13-28-23/h3-13,16H,14-15,17-18H2,1-2H3,(H,27,31)/t26-/m0/s1. The van der Waals surface area contributed by atoms with Crippen LogP contribution in [0.15, 0.2) is 72.9 Å². The van der Waals surface area contributed by atoms with Crippen molar-refractivity contribution in [2.24, 2.45) is 0 Å². The minimum absolute atomic E-state index is 0.164. The fourth-order valence-electron chi connectivity index (χ4n) is 4.10. The molecule has 1 N–H and O–H groups in total. The number of ether oxygens (including phenoxy) is 1. The molecular formula is C26H27N3O3. The van der Waals surface area contributed by atoms with Crippen LogP contribution in [0.4, 0.5) is 0 Å². The first-order valence-electron chi connectivity index (χ1n) is 10.7. The van der Waals surface area contributed by atoms with Gasteiger partial charge in [0.25, 0.3) is 11.8 Å². The van der Waals surface area contributed by atoms with Gasteiger partial charge in [0.05, 0.1) is 13.2 Å². The van der Waals surface area contributed by atoms with Crippen molar-refractivity contribution in [1.29, 1.82) is 0 Å². The molecule has 32 heavy (non-hydrogen) atoms. The maximum atomic E-state index is 13.0. The molecule has 0 aliphatic carbocycles. The van der Waals surface area contributed by atoms with Crippen molar-refractivity contribution in [3.05, 3.63) is 89.7 Å². The first kappa shape index (κ1) is 21.7. The zero-order chi connectivity index (χ0) is 22.6. The first-order valence-corrected chi connectivity index (χ1v) is 10.7. The first-order chi connectivity index (χ1) is 15.5. The molecule has 0 unspecified atom stereocenters. The van der Waals surface area contributed by atoms with Crippen molar-refractivity contribution in [3.63, 3.8) is 0 Å². The fourth-order valence-corrected chi connectivity index (χ4v) is 4.10. The number of morpholine rings is 1. The van der Waals surface area contributed by atoms with Crippen LogP contribution in [0.3, 0.4) is 0 Å². The number of nitrogens with zero attached hydrogens (tertiary/aromatic N) is 2. The molecule has 164 valence electrons. The monoisotopic (exact) mass is 429 g/mol. The van der Waals surface area contributed by atoms with Gasteiger partial charge in [0.1, 0.15) is 5.69 Å². The lowest BCUT2D eigenvalue weighted by Crippen LogP contribution is -2.61. The fraction of sp³-hybridized carbons (Fsp3) is 0.269. The van der Waals surface area contributed by atoms with Crippen LogP contribution < -0.4 is 5.32 Å². The maximum Gasteiger partial charge on any atom is 0.272 e. The van der Waals surface area contributed by atoms with Gasteiger partial charge in [0, 0.05) is 26.2 Å². The second-order valence-corrected chi connectivity index (χ2v) is 8.11. The molecule has 1 aliphatic heterocycles. The largest absolute Gasteiger partial charge is 0.361 e. The molecule has 0 radical (unpaired) electrons. The predicted molar refractivity (Wildman–Crippen MR) is 123 cm³/mol. The number of rotatable bonds is 5. The summed E-state index contributed by atoms with van der Waals surface area (Å²) in [6.07, 6.45) is 1.95. The van der Waals surface area contributed by atoms with Crippen LogP contribution >= 0.6 is 0 Å². The van der Waals surface area contributed by atoms with Crippen LogP contribution in [0.25, 0.3) is 11.1 Å². The van der Waals surface area contributed by atoms with Crippen molar-refractivity contribution in [2.45, 2.75) is 18.9 Å². The number of amides is 2. The number of likely N-dealkylation sites (N-methyl/N-ethyl adjacent to an activating group) is 1. The van der Waals surface area contributed by atoms with Crippen LogP contribution in [0, 0.1) is 6.92 Å². The van der Waals surface area contributed by atoms with Gasteiger partial charge >= 0.3 is 0 Å². The molecule has 2 heterocycles. The molecule has 1 aliphatic rings. The molecule has 4 rings (SSSR count). The van der Waals surface area contributed by atoms with E-state index in [4.69, 9.17) is 4.74 Å². The Morgan fingerprint density at radius 2 is 1.88 bits per heavy atom. The summed E-state index contributed by atoms with van der Waals surface area (Å²) in [6, 6.07) is 21.7. The summed E-state index contributed by atoms with van der Waals surface area (Å²) >= 11 is 0. The highest BCUT2D eigenvalue weighted by Gasteiger charge is 2.45. The lowest BCUT2D eigenvalue weighted by Gasteiger charge is -2.41. The Bertz CT molecular complexity index is 1100. The SMILES string of the molecule is CNC(=O)[C@]1(Cc2cccc(-c3ccc(C)cc3)c2)CN(C(=O)c2ccccn2)CCO1. The lowest BCUT2D eigenvalue weighted by molar-refractivity contribution is -0.156. The number of hydrogen-bond acceptors (Lipinski definition) is 4. The highest BCUT2D eigenvalue weighted by molar-refractivity contribution is 5.93. The number of carbonyl (C=O) groups excluding carboxylic acids is 2. The summed E-state index contributed by atoms with van der Waals surface area (Å²) in [5.74, 6) is -0.438. The number of carbonyl (C=O) groups is 2. The normalized spacial score (nSPS) is 18.2. The smallest absolute Gasteiger partial charge is 0.272 e. The Labute approximate surface area is 188 Å². The van der Waals surface area contributed by atoms with Crippen LogP contribution in [0.5, 0.6) is 0 Å². The quantitative estimate of drug-likeness (QED) is 0.676. The van der Waals surface area contributed by atoms with Gasteiger partial charge in [0.2, 0.25) is 0 Å². The predicted octanol–water partition coefficient (Wildman–Crippen LogP) is 3.26. The molecule has 0 bridgehead atoms. The number of nitrogens with one attached hydrogen (secondary N) is 1. The van der Waals surface area contributed by atoms with Gasteiger partial charge in [0.15, 0.2) is 5.60 Å². The van der Waals surface area contributed by atoms with Gasteiger partial charge in [-0.2, -0.15) is 0 Å². The second-order valence-electron chi connectivity index (χ2n) is 8.11. The third-order valence-electron chi connectivity index (χ3n) is 5.80. The van der Waals surface area contributed by atoms with Crippen LogP contribution in [0.2, 0.25) is 0 Å². The Kier molecular flexibility index (Phi) is 6.32. The second kappa shape index (κ2) is 9.32. The molecule has 0 saturated carbocycles. The van der Waals surface area contributed by atoms with Gasteiger partial charge < -0.3 is 15.0 Å². The molecule has 3 aromatic rings. The molecule has 0 spiro atoms. The number of aromatic nitrogens is 1. The Hall–Kier alpha value is -3.51. The third kappa shape index (κ3) is 4.55. The van der Waals surface area contributed by atoms with Crippen molar-refractivity contribution in [2.75, 3.05) is 26.7 Å². The highest BCUT2D eigenvalue weighted by Crippen LogP contribution is 2.28. The molecule has 2 amide bonds. The summed E-state index contributed by atoms with van der Waals surface area (Å²) in [5, 5.41) is 2.73.